The molecular weight excluding hydrogens is 238 g/mol. The van der Waals surface area contributed by atoms with E-state index >= 15 is 0 Å². The third-order valence-electron chi connectivity index (χ3n) is 2.83. The lowest BCUT2D eigenvalue weighted by atomic mass is 10.1. The number of aromatic nitrogens is 2. The second-order valence-electron chi connectivity index (χ2n) is 3.78. The Morgan fingerprint density at radius 2 is 2.00 bits per heavy atom. The molecule has 1 amide bonds. The van der Waals surface area contributed by atoms with Crippen molar-refractivity contribution < 1.29 is 4.79 Å². The molecule has 0 radical (unpaired) electrons. The Balaban J connectivity index is 2.72. The van der Waals surface area contributed by atoms with Crippen molar-refractivity contribution in [2.24, 2.45) is 12.8 Å². The van der Waals surface area contributed by atoms with Crippen LogP contribution in [0.5, 0.6) is 0 Å². The van der Waals surface area contributed by atoms with Crippen molar-refractivity contribution in [3.8, 4) is 11.3 Å². The van der Waals surface area contributed by atoms with Gasteiger partial charge in [0, 0.05) is 30.7 Å². The first-order valence-electron chi connectivity index (χ1n) is 5.09. The van der Waals surface area contributed by atoms with E-state index in [2.05, 4.69) is 4.98 Å². The average molecular weight is 250 g/mol. The van der Waals surface area contributed by atoms with Gasteiger partial charge in [0.2, 0.25) is 0 Å². The summed E-state index contributed by atoms with van der Waals surface area (Å²) in [5.41, 5.74) is 8.14. The van der Waals surface area contributed by atoms with E-state index in [4.69, 9.17) is 17.3 Å². The maximum Gasteiger partial charge on any atom is 0.252 e. The van der Waals surface area contributed by atoms with Gasteiger partial charge in [-0.1, -0.05) is 11.6 Å². The molecule has 0 aliphatic heterocycles. The van der Waals surface area contributed by atoms with Crippen LogP contribution in [0.25, 0.3) is 11.3 Å². The fraction of sp³-hybridized carbons (Fsp3) is 0.167. The van der Waals surface area contributed by atoms with Gasteiger partial charge in [-0.3, -0.25) is 9.78 Å². The van der Waals surface area contributed by atoms with Gasteiger partial charge >= 0.3 is 0 Å². The quantitative estimate of drug-likeness (QED) is 0.887. The first-order valence-corrected chi connectivity index (χ1v) is 5.46. The van der Waals surface area contributed by atoms with Crippen LogP contribution in [0.4, 0.5) is 0 Å². The summed E-state index contributed by atoms with van der Waals surface area (Å²) in [5.74, 6) is -0.511. The Bertz CT molecular complexity index is 575. The smallest absolute Gasteiger partial charge is 0.252 e. The average Bonchev–Trinajstić information content (AvgIpc) is 2.51. The van der Waals surface area contributed by atoms with Gasteiger partial charge in [-0.25, -0.2) is 0 Å². The van der Waals surface area contributed by atoms with Gasteiger partial charge in [0.25, 0.3) is 5.91 Å². The SMILES string of the molecule is Cc1c(C(N)=O)c(Cl)c(-c2ccncc2)n1C. The summed E-state index contributed by atoms with van der Waals surface area (Å²) in [7, 11) is 1.85. The monoisotopic (exact) mass is 249 g/mol. The van der Waals surface area contributed by atoms with Crippen LogP contribution in [0.1, 0.15) is 16.1 Å². The minimum atomic E-state index is -0.511. The Morgan fingerprint density at radius 3 is 2.47 bits per heavy atom. The Labute approximate surface area is 104 Å². The molecule has 2 aromatic heterocycles. The van der Waals surface area contributed by atoms with Gasteiger partial charge in [0.1, 0.15) is 0 Å². The number of nitrogens with two attached hydrogens (primary N) is 1. The van der Waals surface area contributed by atoms with Crippen molar-refractivity contribution in [3.05, 3.63) is 40.8 Å². The molecule has 2 aromatic rings. The second kappa shape index (κ2) is 4.22. The van der Waals surface area contributed by atoms with Crippen LogP contribution >= 0.6 is 11.6 Å². The normalized spacial score (nSPS) is 10.5. The molecule has 0 saturated heterocycles. The van der Waals surface area contributed by atoms with Crippen LogP contribution in [0.3, 0.4) is 0 Å². The van der Waals surface area contributed by atoms with Crippen molar-refractivity contribution in [2.45, 2.75) is 6.92 Å². The van der Waals surface area contributed by atoms with Gasteiger partial charge < -0.3 is 10.3 Å². The molecule has 2 rings (SSSR count). The van der Waals surface area contributed by atoms with E-state index in [1.165, 1.54) is 0 Å². The summed E-state index contributed by atoms with van der Waals surface area (Å²) >= 11 is 6.22. The van der Waals surface area contributed by atoms with Gasteiger partial charge in [0.15, 0.2) is 0 Å². The molecule has 2 N–H and O–H groups in total. The number of hydrogen-bond donors (Lipinski definition) is 1. The molecule has 88 valence electrons. The van der Waals surface area contributed by atoms with E-state index in [1.807, 2.05) is 30.7 Å². The molecular formula is C12H12ClN3O. The van der Waals surface area contributed by atoms with E-state index in [9.17, 15) is 4.79 Å². The molecule has 4 nitrogen and oxygen atoms in total. The summed E-state index contributed by atoms with van der Waals surface area (Å²) in [6, 6.07) is 3.68. The molecule has 0 aliphatic carbocycles. The standard InChI is InChI=1S/C12H12ClN3O/c1-7-9(12(14)17)10(13)11(16(7)2)8-3-5-15-6-4-8/h3-6H,1-2H3,(H2,14,17). The highest BCUT2D eigenvalue weighted by atomic mass is 35.5. The third-order valence-corrected chi connectivity index (χ3v) is 3.20. The molecule has 0 aromatic carbocycles. The van der Waals surface area contributed by atoms with Crippen molar-refractivity contribution in [1.82, 2.24) is 9.55 Å². The van der Waals surface area contributed by atoms with Gasteiger partial charge in [-0.05, 0) is 19.1 Å². The van der Waals surface area contributed by atoms with E-state index in [1.54, 1.807) is 12.4 Å². The lowest BCUT2D eigenvalue weighted by Gasteiger charge is -2.04. The number of carbonyl (C=O) groups is 1. The number of carbonyl (C=O) groups excluding carboxylic acids is 1. The maximum atomic E-state index is 11.4. The highest BCUT2D eigenvalue weighted by Crippen LogP contribution is 2.34. The van der Waals surface area contributed by atoms with Crippen molar-refractivity contribution >= 4 is 17.5 Å². The summed E-state index contributed by atoms with van der Waals surface area (Å²) in [6.45, 7) is 1.82. The van der Waals surface area contributed by atoms with E-state index < -0.39 is 5.91 Å². The molecule has 5 heteroatoms. The minimum absolute atomic E-state index is 0.376. The predicted octanol–water partition coefficient (Wildman–Crippen LogP) is 2.15. The Kier molecular flexibility index (Phi) is 2.90. The molecule has 0 unspecified atom stereocenters. The molecule has 0 spiro atoms. The first kappa shape index (κ1) is 11.7. The molecule has 2 heterocycles. The lowest BCUT2D eigenvalue weighted by Crippen LogP contribution is -2.12. The van der Waals surface area contributed by atoms with Crippen LogP contribution in [0, 0.1) is 6.92 Å². The fourth-order valence-electron chi connectivity index (χ4n) is 1.88. The van der Waals surface area contributed by atoms with E-state index in [0.29, 0.717) is 10.6 Å². The summed E-state index contributed by atoms with van der Waals surface area (Å²) < 4.78 is 1.86. The Morgan fingerprint density at radius 1 is 1.41 bits per heavy atom. The molecule has 0 atom stereocenters. The lowest BCUT2D eigenvalue weighted by molar-refractivity contribution is 0.1000. The third kappa shape index (κ3) is 1.80. The minimum Gasteiger partial charge on any atom is -0.365 e. The zero-order valence-electron chi connectivity index (χ0n) is 9.57. The van der Waals surface area contributed by atoms with E-state index in [0.717, 1.165) is 17.0 Å². The highest BCUT2D eigenvalue weighted by Gasteiger charge is 2.21. The number of pyridine rings is 1. The van der Waals surface area contributed by atoms with Gasteiger partial charge in [0.05, 0.1) is 16.3 Å². The summed E-state index contributed by atoms with van der Waals surface area (Å²) in [4.78, 5) is 15.3. The van der Waals surface area contributed by atoms with Crippen molar-refractivity contribution in [2.75, 3.05) is 0 Å². The number of halogens is 1. The predicted molar refractivity (Wildman–Crippen MR) is 66.9 cm³/mol. The van der Waals surface area contributed by atoms with Crippen LogP contribution in [0.15, 0.2) is 24.5 Å². The van der Waals surface area contributed by atoms with Crippen LogP contribution < -0.4 is 5.73 Å². The second-order valence-corrected chi connectivity index (χ2v) is 4.16. The van der Waals surface area contributed by atoms with Crippen LogP contribution in [-0.2, 0) is 7.05 Å². The topological polar surface area (TPSA) is 60.9 Å². The number of rotatable bonds is 2. The molecule has 0 saturated carbocycles. The maximum absolute atomic E-state index is 11.4. The molecule has 0 bridgehead atoms. The fourth-order valence-corrected chi connectivity index (χ4v) is 2.34. The largest absolute Gasteiger partial charge is 0.365 e. The summed E-state index contributed by atoms with van der Waals surface area (Å²) in [6.07, 6.45) is 3.36. The summed E-state index contributed by atoms with van der Waals surface area (Å²) in [5, 5.41) is 0.392. The van der Waals surface area contributed by atoms with E-state index in [-0.39, 0.29) is 0 Å². The van der Waals surface area contributed by atoms with Crippen LogP contribution in [0.2, 0.25) is 5.02 Å². The molecule has 17 heavy (non-hydrogen) atoms. The molecule has 0 fully saturated rings. The number of primary amides is 1. The number of nitrogens with zero attached hydrogens (tertiary/aromatic N) is 2. The van der Waals surface area contributed by atoms with Gasteiger partial charge in [-0.15, -0.1) is 0 Å². The van der Waals surface area contributed by atoms with Crippen molar-refractivity contribution in [3.63, 3.8) is 0 Å². The number of hydrogen-bond acceptors (Lipinski definition) is 2. The number of amides is 1. The zero-order chi connectivity index (χ0) is 12.6. The Hall–Kier alpha value is -1.81. The van der Waals surface area contributed by atoms with Crippen LogP contribution in [-0.4, -0.2) is 15.5 Å². The highest BCUT2D eigenvalue weighted by molar-refractivity contribution is 6.36. The van der Waals surface area contributed by atoms with Crippen molar-refractivity contribution in [1.29, 1.82) is 0 Å². The zero-order valence-corrected chi connectivity index (χ0v) is 10.3. The molecule has 0 aliphatic rings. The first-order chi connectivity index (χ1) is 8.04. The van der Waals surface area contributed by atoms with Gasteiger partial charge in [-0.2, -0.15) is 0 Å².